The molecule has 1 fully saturated rings. The van der Waals surface area contributed by atoms with Crippen molar-refractivity contribution in [2.45, 2.75) is 13.8 Å². The highest BCUT2D eigenvalue weighted by molar-refractivity contribution is 6.10. The van der Waals surface area contributed by atoms with Gasteiger partial charge in [-0.05, 0) is 19.1 Å². The van der Waals surface area contributed by atoms with Crippen molar-refractivity contribution in [3.8, 4) is 5.75 Å². The predicted octanol–water partition coefficient (Wildman–Crippen LogP) is 1.79. The van der Waals surface area contributed by atoms with Gasteiger partial charge in [0.05, 0.1) is 23.6 Å². The second kappa shape index (κ2) is 5.95. The maximum Gasteiger partial charge on any atom is 0.256 e. The average molecular weight is 315 g/mol. The highest BCUT2D eigenvalue weighted by Gasteiger charge is 2.27. The van der Waals surface area contributed by atoms with Crippen LogP contribution >= 0.6 is 0 Å². The van der Waals surface area contributed by atoms with Crippen molar-refractivity contribution in [1.29, 1.82) is 0 Å². The molecular weight excluding hydrogens is 294 g/mol. The standard InChI is InChI=1S/C17H21N3O3/c1-11-15(16-13(18-11)5-4-6-14(16)23-3)17(22)20-9-7-19(8-10-20)12(2)21/h4-6,18H,7-10H2,1-3H3. The van der Waals surface area contributed by atoms with Gasteiger partial charge < -0.3 is 19.5 Å². The molecule has 122 valence electrons. The number of aromatic amines is 1. The van der Waals surface area contributed by atoms with E-state index in [0.717, 1.165) is 16.6 Å². The van der Waals surface area contributed by atoms with Gasteiger partial charge in [0.1, 0.15) is 5.75 Å². The molecule has 2 aromatic rings. The number of nitrogens with one attached hydrogen (secondary N) is 1. The van der Waals surface area contributed by atoms with E-state index in [2.05, 4.69) is 4.98 Å². The summed E-state index contributed by atoms with van der Waals surface area (Å²) < 4.78 is 5.42. The van der Waals surface area contributed by atoms with Gasteiger partial charge in [0.25, 0.3) is 5.91 Å². The minimum absolute atomic E-state index is 0.0125. The zero-order chi connectivity index (χ0) is 16.6. The van der Waals surface area contributed by atoms with Crippen LogP contribution in [0.4, 0.5) is 0 Å². The van der Waals surface area contributed by atoms with Crippen molar-refractivity contribution in [3.05, 3.63) is 29.5 Å². The Kier molecular flexibility index (Phi) is 3.98. The van der Waals surface area contributed by atoms with E-state index in [9.17, 15) is 9.59 Å². The second-order valence-electron chi connectivity index (χ2n) is 5.81. The summed E-state index contributed by atoms with van der Waals surface area (Å²) in [5, 5.41) is 0.825. The molecule has 2 heterocycles. The molecule has 1 aliphatic rings. The lowest BCUT2D eigenvalue weighted by atomic mass is 10.1. The Bertz CT molecular complexity index is 758. The number of amides is 2. The van der Waals surface area contributed by atoms with Gasteiger partial charge in [0, 0.05) is 38.8 Å². The molecule has 0 saturated carbocycles. The number of fused-ring (bicyclic) bond motifs is 1. The van der Waals surface area contributed by atoms with Gasteiger partial charge >= 0.3 is 0 Å². The molecule has 1 N–H and O–H groups in total. The summed E-state index contributed by atoms with van der Waals surface area (Å²) in [6.45, 7) is 5.74. The maximum atomic E-state index is 13.0. The van der Waals surface area contributed by atoms with Crippen LogP contribution in [0.25, 0.3) is 10.9 Å². The third kappa shape index (κ3) is 2.65. The topological polar surface area (TPSA) is 65.6 Å². The molecule has 1 aromatic heterocycles. The number of carbonyl (C=O) groups excluding carboxylic acids is 2. The number of hydrogen-bond acceptors (Lipinski definition) is 3. The van der Waals surface area contributed by atoms with Crippen LogP contribution in [0.5, 0.6) is 5.75 Å². The van der Waals surface area contributed by atoms with Crippen LogP contribution in [-0.4, -0.2) is 59.9 Å². The number of ether oxygens (including phenoxy) is 1. The van der Waals surface area contributed by atoms with Crippen LogP contribution in [0.15, 0.2) is 18.2 Å². The fourth-order valence-corrected chi connectivity index (χ4v) is 3.17. The molecule has 0 aliphatic carbocycles. The third-order valence-corrected chi connectivity index (χ3v) is 4.42. The number of carbonyl (C=O) groups is 2. The Balaban J connectivity index is 1.93. The van der Waals surface area contributed by atoms with Crippen LogP contribution in [0.2, 0.25) is 0 Å². The second-order valence-corrected chi connectivity index (χ2v) is 5.81. The summed E-state index contributed by atoms with van der Waals surface area (Å²) in [6.07, 6.45) is 0. The predicted molar refractivity (Wildman–Crippen MR) is 87.7 cm³/mol. The number of methoxy groups -OCH3 is 1. The summed E-state index contributed by atoms with van der Waals surface area (Å²) in [6, 6.07) is 5.70. The van der Waals surface area contributed by atoms with Crippen LogP contribution in [0.1, 0.15) is 23.0 Å². The number of hydrogen-bond donors (Lipinski definition) is 1. The average Bonchev–Trinajstić information content (AvgIpc) is 2.90. The Morgan fingerprint density at radius 1 is 1.13 bits per heavy atom. The smallest absolute Gasteiger partial charge is 0.256 e. The van der Waals surface area contributed by atoms with Gasteiger partial charge in [-0.2, -0.15) is 0 Å². The minimum Gasteiger partial charge on any atom is -0.496 e. The molecule has 1 aromatic carbocycles. The van der Waals surface area contributed by atoms with E-state index in [4.69, 9.17) is 4.74 Å². The number of aryl methyl sites for hydroxylation is 1. The monoisotopic (exact) mass is 315 g/mol. The van der Waals surface area contributed by atoms with Crippen molar-refractivity contribution in [1.82, 2.24) is 14.8 Å². The molecule has 1 saturated heterocycles. The van der Waals surface area contributed by atoms with Crippen molar-refractivity contribution in [2.24, 2.45) is 0 Å². The van der Waals surface area contributed by atoms with Crippen LogP contribution in [0.3, 0.4) is 0 Å². The summed E-state index contributed by atoms with van der Waals surface area (Å²) in [4.78, 5) is 31.2. The SMILES string of the molecule is COc1cccc2[nH]c(C)c(C(=O)N3CCN(C(C)=O)CC3)c12. The molecule has 0 unspecified atom stereocenters. The highest BCUT2D eigenvalue weighted by Crippen LogP contribution is 2.31. The number of H-pyrrole nitrogens is 1. The van der Waals surface area contributed by atoms with E-state index in [1.165, 1.54) is 0 Å². The number of piperazine rings is 1. The van der Waals surface area contributed by atoms with Gasteiger partial charge in [0.2, 0.25) is 5.91 Å². The zero-order valence-electron chi connectivity index (χ0n) is 13.7. The maximum absolute atomic E-state index is 13.0. The van der Waals surface area contributed by atoms with E-state index in [1.54, 1.807) is 18.9 Å². The van der Waals surface area contributed by atoms with Gasteiger partial charge in [-0.15, -0.1) is 0 Å². The fraction of sp³-hybridized carbons (Fsp3) is 0.412. The van der Waals surface area contributed by atoms with Crippen LogP contribution in [0, 0.1) is 6.92 Å². The number of benzene rings is 1. The molecule has 6 heteroatoms. The van der Waals surface area contributed by atoms with Gasteiger partial charge in [0.15, 0.2) is 0 Å². The van der Waals surface area contributed by atoms with Gasteiger partial charge in [-0.3, -0.25) is 9.59 Å². The lowest BCUT2D eigenvalue weighted by Gasteiger charge is -2.34. The molecule has 0 atom stereocenters. The zero-order valence-corrected chi connectivity index (χ0v) is 13.7. The van der Waals surface area contributed by atoms with Crippen molar-refractivity contribution in [3.63, 3.8) is 0 Å². The molecule has 0 radical (unpaired) electrons. The largest absolute Gasteiger partial charge is 0.496 e. The molecule has 23 heavy (non-hydrogen) atoms. The Morgan fingerprint density at radius 3 is 2.39 bits per heavy atom. The van der Waals surface area contributed by atoms with Crippen LogP contribution in [-0.2, 0) is 4.79 Å². The van der Waals surface area contributed by atoms with Gasteiger partial charge in [-0.1, -0.05) is 6.07 Å². The van der Waals surface area contributed by atoms with Crippen molar-refractivity contribution >= 4 is 22.7 Å². The Labute approximate surface area is 135 Å². The first-order valence-corrected chi connectivity index (χ1v) is 7.73. The molecule has 1 aliphatic heterocycles. The fourth-order valence-electron chi connectivity index (χ4n) is 3.17. The third-order valence-electron chi connectivity index (χ3n) is 4.42. The number of rotatable bonds is 2. The molecule has 0 spiro atoms. The molecule has 6 nitrogen and oxygen atoms in total. The molecular formula is C17H21N3O3. The van der Waals surface area contributed by atoms with Crippen molar-refractivity contribution in [2.75, 3.05) is 33.3 Å². The van der Waals surface area contributed by atoms with Gasteiger partial charge in [-0.25, -0.2) is 0 Å². The summed E-state index contributed by atoms with van der Waals surface area (Å²) >= 11 is 0. The first-order valence-electron chi connectivity index (χ1n) is 7.73. The Morgan fingerprint density at radius 2 is 1.78 bits per heavy atom. The summed E-state index contributed by atoms with van der Waals surface area (Å²) in [7, 11) is 1.61. The molecule has 2 amide bonds. The first kappa shape index (κ1) is 15.4. The summed E-state index contributed by atoms with van der Waals surface area (Å²) in [5.74, 6) is 0.737. The van der Waals surface area contributed by atoms with E-state index in [0.29, 0.717) is 37.5 Å². The number of aromatic nitrogens is 1. The normalized spacial score (nSPS) is 15.1. The molecule has 3 rings (SSSR count). The van der Waals surface area contributed by atoms with E-state index < -0.39 is 0 Å². The highest BCUT2D eigenvalue weighted by atomic mass is 16.5. The quantitative estimate of drug-likeness (QED) is 0.919. The lowest BCUT2D eigenvalue weighted by Crippen LogP contribution is -2.50. The lowest BCUT2D eigenvalue weighted by molar-refractivity contribution is -0.130. The van der Waals surface area contributed by atoms with E-state index >= 15 is 0 Å². The van der Waals surface area contributed by atoms with Crippen molar-refractivity contribution < 1.29 is 14.3 Å². The molecule has 0 bridgehead atoms. The van der Waals surface area contributed by atoms with E-state index in [-0.39, 0.29) is 11.8 Å². The number of nitrogens with zero attached hydrogens (tertiary/aromatic N) is 2. The summed E-state index contributed by atoms with van der Waals surface area (Å²) in [5.41, 5.74) is 2.39. The Hall–Kier alpha value is -2.50. The van der Waals surface area contributed by atoms with E-state index in [1.807, 2.05) is 30.0 Å². The minimum atomic E-state index is -0.0125. The van der Waals surface area contributed by atoms with Crippen LogP contribution < -0.4 is 4.74 Å². The first-order chi connectivity index (χ1) is 11.0.